The lowest BCUT2D eigenvalue weighted by atomic mass is 10.4. The smallest absolute Gasteiger partial charge is 0.108 e. The van der Waals surface area contributed by atoms with Gasteiger partial charge in [-0.1, -0.05) is 0 Å². The van der Waals surface area contributed by atoms with E-state index in [0.29, 0.717) is 0 Å². The molecule has 0 aliphatic rings. The predicted octanol–water partition coefficient (Wildman–Crippen LogP) is 2.21. The Labute approximate surface area is 78.6 Å². The van der Waals surface area contributed by atoms with E-state index >= 15 is 0 Å². The van der Waals surface area contributed by atoms with Gasteiger partial charge in [-0.15, -0.1) is 0 Å². The maximum absolute atomic E-state index is 4.22. The van der Waals surface area contributed by atoms with Gasteiger partial charge in [0.2, 0.25) is 0 Å². The summed E-state index contributed by atoms with van der Waals surface area (Å²) in [6.45, 7) is 3.02. The molecule has 0 spiro atoms. The number of pyridine rings is 1. The molecule has 0 saturated heterocycles. The Morgan fingerprint density at radius 3 is 3.08 bits per heavy atom. The van der Waals surface area contributed by atoms with Crippen LogP contribution in [0, 0.1) is 0 Å². The van der Waals surface area contributed by atoms with Gasteiger partial charge in [-0.2, -0.15) is 0 Å². The number of aryl methyl sites for hydroxylation is 1. The molecule has 12 heavy (non-hydrogen) atoms. The van der Waals surface area contributed by atoms with Gasteiger partial charge in [0.15, 0.2) is 0 Å². The lowest BCUT2D eigenvalue weighted by Crippen LogP contribution is -1.91. The first-order chi connectivity index (χ1) is 5.83. The highest BCUT2D eigenvalue weighted by Gasteiger charge is 2.04. The van der Waals surface area contributed by atoms with Gasteiger partial charge >= 0.3 is 0 Å². The quantitative estimate of drug-likeness (QED) is 0.746. The topological polar surface area (TPSA) is 30.7 Å². The number of fused-ring (bicyclic) bond motifs is 1. The van der Waals surface area contributed by atoms with Gasteiger partial charge in [0.05, 0.1) is 22.5 Å². The van der Waals surface area contributed by atoms with Crippen LogP contribution in [0.2, 0.25) is 0 Å². The summed E-state index contributed by atoms with van der Waals surface area (Å²) in [5.74, 6) is 0. The summed E-state index contributed by atoms with van der Waals surface area (Å²) in [5.41, 5.74) is 2.05. The summed E-state index contributed by atoms with van der Waals surface area (Å²) >= 11 is 3.44. The van der Waals surface area contributed by atoms with Crippen molar-refractivity contribution in [2.45, 2.75) is 13.5 Å². The number of rotatable bonds is 1. The fourth-order valence-corrected chi connectivity index (χ4v) is 1.78. The molecule has 0 saturated carbocycles. The summed E-state index contributed by atoms with van der Waals surface area (Å²) in [4.78, 5) is 8.26. The molecule has 4 heteroatoms. The molecule has 2 aromatic heterocycles. The van der Waals surface area contributed by atoms with Crippen LogP contribution in [0.3, 0.4) is 0 Å². The zero-order valence-electron chi connectivity index (χ0n) is 6.66. The first-order valence-corrected chi connectivity index (χ1v) is 4.56. The summed E-state index contributed by atoms with van der Waals surface area (Å²) in [5, 5.41) is 0. The number of imidazole rings is 1. The van der Waals surface area contributed by atoms with Crippen molar-refractivity contribution in [2.75, 3.05) is 0 Å². The van der Waals surface area contributed by atoms with Crippen LogP contribution in [0.15, 0.2) is 23.2 Å². The summed E-state index contributed by atoms with van der Waals surface area (Å²) in [6, 6.07) is 0. The van der Waals surface area contributed by atoms with Crippen molar-refractivity contribution < 1.29 is 0 Å². The summed E-state index contributed by atoms with van der Waals surface area (Å²) in [7, 11) is 0. The van der Waals surface area contributed by atoms with Gasteiger partial charge in [0.25, 0.3) is 0 Å². The molecule has 0 unspecified atom stereocenters. The Balaban J connectivity index is 2.83. The Morgan fingerprint density at radius 1 is 1.50 bits per heavy atom. The molecule has 0 aliphatic carbocycles. The average molecular weight is 226 g/mol. The van der Waals surface area contributed by atoms with E-state index in [0.717, 1.165) is 22.1 Å². The van der Waals surface area contributed by atoms with Crippen molar-refractivity contribution >= 4 is 27.0 Å². The zero-order chi connectivity index (χ0) is 8.55. The van der Waals surface area contributed by atoms with Gasteiger partial charge in [0.1, 0.15) is 5.52 Å². The monoisotopic (exact) mass is 225 g/mol. The van der Waals surface area contributed by atoms with Gasteiger partial charge in [-0.3, -0.25) is 4.98 Å². The third-order valence-corrected chi connectivity index (χ3v) is 2.40. The third kappa shape index (κ3) is 1.03. The molecule has 0 N–H and O–H groups in total. The van der Waals surface area contributed by atoms with E-state index in [9.17, 15) is 0 Å². The molecule has 0 fully saturated rings. The minimum Gasteiger partial charge on any atom is -0.330 e. The van der Waals surface area contributed by atoms with E-state index < -0.39 is 0 Å². The van der Waals surface area contributed by atoms with Crippen LogP contribution >= 0.6 is 15.9 Å². The fraction of sp³-hybridized carbons (Fsp3) is 0.250. The Kier molecular flexibility index (Phi) is 1.84. The normalized spacial score (nSPS) is 10.8. The highest BCUT2D eigenvalue weighted by atomic mass is 79.9. The highest BCUT2D eigenvalue weighted by Crippen LogP contribution is 2.21. The van der Waals surface area contributed by atoms with Crippen molar-refractivity contribution in [3.8, 4) is 0 Å². The SMILES string of the molecule is CCn1cnc2cncc(Br)c21. The lowest BCUT2D eigenvalue weighted by Gasteiger charge is -1.99. The second-order valence-corrected chi connectivity index (χ2v) is 3.37. The van der Waals surface area contributed by atoms with E-state index in [2.05, 4.69) is 37.4 Å². The molecule has 2 heterocycles. The van der Waals surface area contributed by atoms with E-state index in [4.69, 9.17) is 0 Å². The Bertz CT molecular complexity index is 408. The van der Waals surface area contributed by atoms with Gasteiger partial charge in [0, 0.05) is 12.7 Å². The van der Waals surface area contributed by atoms with E-state index in [1.807, 2.05) is 6.33 Å². The molecule has 3 nitrogen and oxygen atoms in total. The van der Waals surface area contributed by atoms with Gasteiger partial charge in [-0.05, 0) is 22.9 Å². The second kappa shape index (κ2) is 2.86. The number of nitrogens with zero attached hydrogens (tertiary/aromatic N) is 3. The van der Waals surface area contributed by atoms with Crippen LogP contribution in [0.4, 0.5) is 0 Å². The number of hydrogen-bond acceptors (Lipinski definition) is 2. The number of hydrogen-bond donors (Lipinski definition) is 0. The number of halogens is 1. The maximum Gasteiger partial charge on any atom is 0.108 e. The molecule has 0 amide bonds. The van der Waals surface area contributed by atoms with Crippen LogP contribution < -0.4 is 0 Å². The van der Waals surface area contributed by atoms with Crippen molar-refractivity contribution in [3.63, 3.8) is 0 Å². The minimum absolute atomic E-state index is 0.930. The van der Waals surface area contributed by atoms with Crippen molar-refractivity contribution in [1.82, 2.24) is 14.5 Å². The van der Waals surface area contributed by atoms with Gasteiger partial charge in [-0.25, -0.2) is 4.98 Å². The second-order valence-electron chi connectivity index (χ2n) is 2.52. The summed E-state index contributed by atoms with van der Waals surface area (Å²) < 4.78 is 3.08. The predicted molar refractivity (Wildman–Crippen MR) is 50.9 cm³/mol. The Morgan fingerprint density at radius 2 is 2.33 bits per heavy atom. The number of aromatic nitrogens is 3. The van der Waals surface area contributed by atoms with Crippen LogP contribution in [-0.2, 0) is 6.54 Å². The molecular weight excluding hydrogens is 218 g/mol. The van der Waals surface area contributed by atoms with E-state index in [-0.39, 0.29) is 0 Å². The van der Waals surface area contributed by atoms with Crippen molar-refractivity contribution in [3.05, 3.63) is 23.2 Å². The first kappa shape index (κ1) is 7.73. The van der Waals surface area contributed by atoms with Crippen LogP contribution in [-0.4, -0.2) is 14.5 Å². The summed E-state index contributed by atoms with van der Waals surface area (Å²) in [6.07, 6.45) is 5.39. The standard InChI is InChI=1S/C8H8BrN3/c1-2-12-5-11-7-4-10-3-6(9)8(7)12/h3-5H,2H2,1H3. The van der Waals surface area contributed by atoms with E-state index in [1.54, 1.807) is 12.4 Å². The molecule has 0 atom stereocenters. The molecule has 0 aromatic carbocycles. The maximum atomic E-state index is 4.22. The molecule has 2 rings (SSSR count). The Hall–Kier alpha value is -0.900. The molecule has 0 radical (unpaired) electrons. The molecule has 62 valence electrons. The average Bonchev–Trinajstić information content (AvgIpc) is 2.49. The third-order valence-electron chi connectivity index (χ3n) is 1.82. The molecular formula is C8H8BrN3. The molecule has 0 bridgehead atoms. The first-order valence-electron chi connectivity index (χ1n) is 3.77. The highest BCUT2D eigenvalue weighted by molar-refractivity contribution is 9.10. The molecule has 0 aliphatic heterocycles. The largest absolute Gasteiger partial charge is 0.330 e. The van der Waals surface area contributed by atoms with Crippen LogP contribution in [0.25, 0.3) is 11.0 Å². The van der Waals surface area contributed by atoms with Crippen molar-refractivity contribution in [2.24, 2.45) is 0 Å². The van der Waals surface area contributed by atoms with Crippen molar-refractivity contribution in [1.29, 1.82) is 0 Å². The van der Waals surface area contributed by atoms with Gasteiger partial charge < -0.3 is 4.57 Å². The van der Waals surface area contributed by atoms with E-state index in [1.165, 1.54) is 0 Å². The van der Waals surface area contributed by atoms with Crippen LogP contribution in [0.5, 0.6) is 0 Å². The minimum atomic E-state index is 0.930. The fourth-order valence-electron chi connectivity index (χ4n) is 1.23. The zero-order valence-corrected chi connectivity index (χ0v) is 8.24. The lowest BCUT2D eigenvalue weighted by molar-refractivity contribution is 0.785. The van der Waals surface area contributed by atoms with Crippen LogP contribution in [0.1, 0.15) is 6.92 Å². The molecule has 2 aromatic rings.